The van der Waals surface area contributed by atoms with Gasteiger partial charge in [-0.2, -0.15) is 0 Å². The smallest absolute Gasteiger partial charge is 0.151 e. The van der Waals surface area contributed by atoms with E-state index in [0.29, 0.717) is 13.2 Å². The fourth-order valence-electron chi connectivity index (χ4n) is 0.632. The van der Waals surface area contributed by atoms with Crippen molar-refractivity contribution < 1.29 is 19.6 Å². The Labute approximate surface area is 46.1 Å². The molecule has 4 nitrogen and oxygen atoms in total. The van der Waals surface area contributed by atoms with Crippen molar-refractivity contribution >= 4 is 0 Å². The molecule has 0 N–H and O–H groups in total. The SMILES string of the molecule is C1OOC1C1COO1. The molecule has 0 saturated carbocycles. The zero-order valence-electron chi connectivity index (χ0n) is 4.20. The molecule has 46 valence electrons. The number of rotatable bonds is 1. The van der Waals surface area contributed by atoms with Crippen molar-refractivity contribution in [3.63, 3.8) is 0 Å². The van der Waals surface area contributed by atoms with Crippen molar-refractivity contribution in [3.8, 4) is 0 Å². The minimum atomic E-state index is 0.115. The third kappa shape index (κ3) is 0.545. The van der Waals surface area contributed by atoms with Crippen LogP contribution in [-0.2, 0) is 19.6 Å². The summed E-state index contributed by atoms with van der Waals surface area (Å²) >= 11 is 0. The summed E-state index contributed by atoms with van der Waals surface area (Å²) in [6.07, 6.45) is 0.229. The summed E-state index contributed by atoms with van der Waals surface area (Å²) in [6, 6.07) is 0. The average molecular weight is 118 g/mol. The molecule has 2 aliphatic rings. The van der Waals surface area contributed by atoms with Gasteiger partial charge in [0.25, 0.3) is 0 Å². The Morgan fingerprint density at radius 1 is 0.875 bits per heavy atom. The molecule has 0 radical (unpaired) electrons. The van der Waals surface area contributed by atoms with E-state index in [9.17, 15) is 0 Å². The maximum atomic E-state index is 4.63. The summed E-state index contributed by atoms with van der Waals surface area (Å²) < 4.78 is 0. The van der Waals surface area contributed by atoms with Crippen LogP contribution in [0.3, 0.4) is 0 Å². The highest BCUT2D eigenvalue weighted by atomic mass is 17.3. The van der Waals surface area contributed by atoms with Crippen LogP contribution in [0.5, 0.6) is 0 Å². The molecule has 2 unspecified atom stereocenters. The van der Waals surface area contributed by atoms with Crippen molar-refractivity contribution in [3.05, 3.63) is 0 Å². The van der Waals surface area contributed by atoms with Crippen LogP contribution in [0, 0.1) is 0 Å². The second-order valence-electron chi connectivity index (χ2n) is 1.84. The van der Waals surface area contributed by atoms with Crippen molar-refractivity contribution in [2.45, 2.75) is 12.2 Å². The monoisotopic (exact) mass is 118 g/mol. The van der Waals surface area contributed by atoms with Gasteiger partial charge in [-0.3, -0.25) is 0 Å². The van der Waals surface area contributed by atoms with E-state index in [-0.39, 0.29) is 12.2 Å². The highest BCUT2D eigenvalue weighted by Gasteiger charge is 2.37. The second kappa shape index (κ2) is 1.66. The van der Waals surface area contributed by atoms with E-state index >= 15 is 0 Å². The van der Waals surface area contributed by atoms with Gasteiger partial charge in [0, 0.05) is 0 Å². The molecule has 0 aromatic carbocycles. The Kier molecular flexibility index (Phi) is 0.976. The van der Waals surface area contributed by atoms with Gasteiger partial charge in [-0.15, -0.1) is 0 Å². The third-order valence-electron chi connectivity index (χ3n) is 1.26. The molecule has 0 aliphatic carbocycles. The van der Waals surface area contributed by atoms with Gasteiger partial charge in [-0.05, 0) is 0 Å². The first kappa shape index (κ1) is 4.69. The lowest BCUT2D eigenvalue weighted by Gasteiger charge is -2.35. The summed E-state index contributed by atoms with van der Waals surface area (Å²) in [6.45, 7) is 1.27. The molecule has 0 bridgehead atoms. The van der Waals surface area contributed by atoms with Gasteiger partial charge in [-0.25, -0.2) is 19.6 Å². The van der Waals surface area contributed by atoms with Crippen LogP contribution in [0.2, 0.25) is 0 Å². The third-order valence-corrected chi connectivity index (χ3v) is 1.26. The van der Waals surface area contributed by atoms with Crippen molar-refractivity contribution in [2.24, 2.45) is 0 Å². The Bertz CT molecular complexity index is 74.0. The van der Waals surface area contributed by atoms with E-state index in [1.165, 1.54) is 0 Å². The van der Waals surface area contributed by atoms with Crippen molar-refractivity contribution in [1.29, 1.82) is 0 Å². The lowest BCUT2D eigenvalue weighted by molar-refractivity contribution is -0.511. The molecule has 0 aromatic heterocycles. The standard InChI is InChI=1S/C4H6O4/c1-3(7-5-1)4-2-6-8-4/h3-4H,1-2H2. The van der Waals surface area contributed by atoms with E-state index in [0.717, 1.165) is 0 Å². The molecule has 8 heavy (non-hydrogen) atoms. The summed E-state index contributed by atoms with van der Waals surface area (Å²) in [5, 5.41) is 0. The quantitative estimate of drug-likeness (QED) is 0.441. The summed E-state index contributed by atoms with van der Waals surface area (Å²) in [5.41, 5.74) is 0. The van der Waals surface area contributed by atoms with Gasteiger partial charge in [0.15, 0.2) is 12.2 Å². The van der Waals surface area contributed by atoms with Gasteiger partial charge < -0.3 is 0 Å². The molecular weight excluding hydrogens is 112 g/mol. The fraction of sp³-hybridized carbons (Fsp3) is 1.00. The van der Waals surface area contributed by atoms with Crippen LogP contribution in [0.4, 0.5) is 0 Å². The zero-order chi connectivity index (χ0) is 5.40. The molecule has 2 rings (SSSR count). The molecule has 2 aliphatic heterocycles. The minimum Gasteiger partial charge on any atom is -0.233 e. The topological polar surface area (TPSA) is 36.9 Å². The molecule has 0 spiro atoms. The largest absolute Gasteiger partial charge is 0.233 e. The Hall–Kier alpha value is -0.160. The van der Waals surface area contributed by atoms with E-state index in [1.54, 1.807) is 0 Å². The normalized spacial score (nSPS) is 45.0. The first-order valence-corrected chi connectivity index (χ1v) is 2.53. The van der Waals surface area contributed by atoms with Crippen LogP contribution in [0.25, 0.3) is 0 Å². The first-order valence-electron chi connectivity index (χ1n) is 2.53. The van der Waals surface area contributed by atoms with Crippen LogP contribution in [-0.4, -0.2) is 25.4 Å². The van der Waals surface area contributed by atoms with Gasteiger partial charge in [0.2, 0.25) is 0 Å². The molecular formula is C4H6O4. The summed E-state index contributed by atoms with van der Waals surface area (Å²) in [7, 11) is 0. The Morgan fingerprint density at radius 2 is 1.25 bits per heavy atom. The summed E-state index contributed by atoms with van der Waals surface area (Å²) in [4.78, 5) is 18.2. The van der Waals surface area contributed by atoms with Crippen molar-refractivity contribution in [2.75, 3.05) is 13.2 Å². The average Bonchev–Trinajstić information content (AvgIpc) is 1.47. The highest BCUT2D eigenvalue weighted by Crippen LogP contribution is 2.19. The minimum absolute atomic E-state index is 0.115. The molecule has 0 aromatic rings. The Morgan fingerprint density at radius 3 is 1.38 bits per heavy atom. The number of hydrogen-bond acceptors (Lipinski definition) is 4. The van der Waals surface area contributed by atoms with E-state index in [1.807, 2.05) is 0 Å². The van der Waals surface area contributed by atoms with E-state index in [2.05, 4.69) is 19.6 Å². The lowest BCUT2D eigenvalue weighted by Crippen LogP contribution is -2.50. The fourth-order valence-corrected chi connectivity index (χ4v) is 0.632. The molecule has 2 atom stereocenters. The lowest BCUT2D eigenvalue weighted by atomic mass is 10.2. The van der Waals surface area contributed by atoms with Crippen molar-refractivity contribution in [1.82, 2.24) is 0 Å². The highest BCUT2D eigenvalue weighted by molar-refractivity contribution is 4.73. The van der Waals surface area contributed by atoms with Gasteiger partial charge in [0.1, 0.15) is 13.2 Å². The van der Waals surface area contributed by atoms with Crippen LogP contribution in [0.15, 0.2) is 0 Å². The Balaban J connectivity index is 1.79. The van der Waals surface area contributed by atoms with Gasteiger partial charge in [0.05, 0.1) is 0 Å². The first-order chi connectivity index (χ1) is 3.97. The van der Waals surface area contributed by atoms with Crippen LogP contribution >= 0.6 is 0 Å². The predicted molar refractivity (Wildman–Crippen MR) is 21.6 cm³/mol. The zero-order valence-corrected chi connectivity index (χ0v) is 4.20. The maximum absolute atomic E-state index is 4.63. The van der Waals surface area contributed by atoms with Gasteiger partial charge >= 0.3 is 0 Å². The maximum Gasteiger partial charge on any atom is 0.151 e. The molecule has 2 fully saturated rings. The van der Waals surface area contributed by atoms with E-state index in [4.69, 9.17) is 0 Å². The molecule has 4 heteroatoms. The van der Waals surface area contributed by atoms with Gasteiger partial charge in [-0.1, -0.05) is 0 Å². The molecule has 0 amide bonds. The second-order valence-corrected chi connectivity index (χ2v) is 1.84. The number of hydrogen-bond donors (Lipinski definition) is 0. The predicted octanol–water partition coefficient (Wildman–Crippen LogP) is -0.353. The van der Waals surface area contributed by atoms with E-state index < -0.39 is 0 Å². The molecule has 2 saturated heterocycles. The van der Waals surface area contributed by atoms with Crippen LogP contribution in [0.1, 0.15) is 0 Å². The van der Waals surface area contributed by atoms with Crippen LogP contribution < -0.4 is 0 Å². The summed E-state index contributed by atoms with van der Waals surface area (Å²) in [5.74, 6) is 0. The molecule has 2 heterocycles.